The molecule has 0 saturated heterocycles. The highest BCUT2D eigenvalue weighted by molar-refractivity contribution is 7.18. The minimum absolute atomic E-state index is 0.506. The molecule has 4 rings (SSSR count). The number of rotatable bonds is 3. The summed E-state index contributed by atoms with van der Waals surface area (Å²) in [4.78, 5) is 13.5. The summed E-state index contributed by atoms with van der Waals surface area (Å²) in [6, 6.07) is 4.35. The average molecular weight is 311 g/mol. The van der Waals surface area contributed by atoms with Crippen molar-refractivity contribution < 1.29 is 0 Å². The number of aromatic nitrogens is 3. The van der Waals surface area contributed by atoms with Crippen LogP contribution in [-0.4, -0.2) is 21.0 Å². The molecule has 1 fully saturated rings. The van der Waals surface area contributed by atoms with Gasteiger partial charge in [-0.3, -0.25) is 4.98 Å². The van der Waals surface area contributed by atoms with E-state index in [0.29, 0.717) is 17.6 Å². The summed E-state index contributed by atoms with van der Waals surface area (Å²) in [6.07, 6.45) is 8.49. The third-order valence-electron chi connectivity index (χ3n) is 4.08. The summed E-state index contributed by atoms with van der Waals surface area (Å²) in [5.41, 5.74) is 8.59. The third kappa shape index (κ3) is 2.39. The molecule has 22 heavy (non-hydrogen) atoms. The molecule has 0 spiro atoms. The van der Waals surface area contributed by atoms with Gasteiger partial charge in [-0.15, -0.1) is 11.3 Å². The predicted molar refractivity (Wildman–Crippen MR) is 90.9 cm³/mol. The second-order valence-corrected chi connectivity index (χ2v) is 6.51. The largest absolute Gasteiger partial charge is 0.396 e. The zero-order valence-corrected chi connectivity index (χ0v) is 12.9. The molecule has 3 N–H and O–H groups in total. The van der Waals surface area contributed by atoms with Gasteiger partial charge in [-0.1, -0.05) is 12.8 Å². The third-order valence-corrected chi connectivity index (χ3v) is 5.07. The van der Waals surface area contributed by atoms with Crippen molar-refractivity contribution in [2.45, 2.75) is 31.7 Å². The lowest BCUT2D eigenvalue weighted by atomic mass is 10.2. The van der Waals surface area contributed by atoms with E-state index in [1.54, 1.807) is 23.7 Å². The first-order valence-corrected chi connectivity index (χ1v) is 8.41. The summed E-state index contributed by atoms with van der Waals surface area (Å²) >= 11 is 1.60. The van der Waals surface area contributed by atoms with Crippen molar-refractivity contribution in [2.24, 2.45) is 0 Å². The molecule has 0 aromatic carbocycles. The minimum Gasteiger partial charge on any atom is -0.396 e. The smallest absolute Gasteiger partial charge is 0.162 e. The molecular formula is C16H17N5S. The lowest BCUT2D eigenvalue weighted by Crippen LogP contribution is -2.16. The Morgan fingerprint density at radius 3 is 2.68 bits per heavy atom. The Balaban J connectivity index is 1.82. The molecule has 5 nitrogen and oxygen atoms in total. The van der Waals surface area contributed by atoms with Crippen LogP contribution in [0.15, 0.2) is 29.9 Å². The second-order valence-electron chi connectivity index (χ2n) is 5.63. The van der Waals surface area contributed by atoms with Gasteiger partial charge in [0.25, 0.3) is 0 Å². The second kappa shape index (κ2) is 5.53. The number of nitrogens with two attached hydrogens (primary N) is 1. The SMILES string of the molecule is Nc1csc2c(NC3CCCC3)nc(-c3ccncc3)nc12. The van der Waals surface area contributed by atoms with Crippen molar-refractivity contribution in [2.75, 3.05) is 11.1 Å². The van der Waals surface area contributed by atoms with E-state index in [2.05, 4.69) is 15.3 Å². The highest BCUT2D eigenvalue weighted by Crippen LogP contribution is 2.35. The summed E-state index contributed by atoms with van der Waals surface area (Å²) in [7, 11) is 0. The van der Waals surface area contributed by atoms with E-state index in [0.717, 1.165) is 21.6 Å². The molecule has 1 aliphatic rings. The van der Waals surface area contributed by atoms with Crippen LogP contribution in [0, 0.1) is 0 Å². The van der Waals surface area contributed by atoms with Gasteiger partial charge in [-0.2, -0.15) is 0 Å². The molecule has 3 heterocycles. The van der Waals surface area contributed by atoms with Crippen LogP contribution in [-0.2, 0) is 0 Å². The van der Waals surface area contributed by atoms with Gasteiger partial charge in [-0.05, 0) is 25.0 Å². The molecular weight excluding hydrogens is 294 g/mol. The van der Waals surface area contributed by atoms with E-state index >= 15 is 0 Å². The van der Waals surface area contributed by atoms with Crippen LogP contribution >= 0.6 is 11.3 Å². The number of thiophene rings is 1. The van der Waals surface area contributed by atoms with Crippen molar-refractivity contribution in [1.29, 1.82) is 0 Å². The quantitative estimate of drug-likeness (QED) is 0.771. The van der Waals surface area contributed by atoms with Gasteiger partial charge in [0.1, 0.15) is 11.3 Å². The molecule has 0 bridgehead atoms. The summed E-state index contributed by atoms with van der Waals surface area (Å²) in [6.45, 7) is 0. The molecule has 0 unspecified atom stereocenters. The number of hydrogen-bond acceptors (Lipinski definition) is 6. The van der Waals surface area contributed by atoms with Crippen molar-refractivity contribution in [1.82, 2.24) is 15.0 Å². The average Bonchev–Trinajstić information content (AvgIpc) is 3.19. The molecule has 1 saturated carbocycles. The fourth-order valence-electron chi connectivity index (χ4n) is 2.93. The summed E-state index contributed by atoms with van der Waals surface area (Å²) in [5, 5.41) is 5.54. The lowest BCUT2D eigenvalue weighted by molar-refractivity contribution is 0.752. The van der Waals surface area contributed by atoms with Crippen molar-refractivity contribution >= 4 is 33.1 Å². The van der Waals surface area contributed by atoms with Crippen molar-refractivity contribution in [3.05, 3.63) is 29.9 Å². The Morgan fingerprint density at radius 1 is 1.14 bits per heavy atom. The maximum atomic E-state index is 6.08. The first kappa shape index (κ1) is 13.5. The van der Waals surface area contributed by atoms with Crippen LogP contribution in [0.4, 0.5) is 11.5 Å². The number of hydrogen-bond donors (Lipinski definition) is 2. The Kier molecular flexibility index (Phi) is 3.38. The molecule has 1 aliphatic carbocycles. The highest BCUT2D eigenvalue weighted by atomic mass is 32.1. The maximum Gasteiger partial charge on any atom is 0.162 e. The van der Waals surface area contributed by atoms with Gasteiger partial charge >= 0.3 is 0 Å². The van der Waals surface area contributed by atoms with E-state index in [1.807, 2.05) is 17.5 Å². The number of pyridine rings is 1. The molecule has 0 amide bonds. The van der Waals surface area contributed by atoms with E-state index in [-0.39, 0.29) is 0 Å². The maximum absolute atomic E-state index is 6.08. The molecule has 112 valence electrons. The van der Waals surface area contributed by atoms with Gasteiger partial charge in [-0.25, -0.2) is 9.97 Å². The molecule has 3 aromatic rings. The molecule has 0 atom stereocenters. The van der Waals surface area contributed by atoms with E-state index in [4.69, 9.17) is 10.7 Å². The summed E-state index contributed by atoms with van der Waals surface area (Å²) < 4.78 is 1.04. The Morgan fingerprint density at radius 2 is 1.91 bits per heavy atom. The first-order valence-electron chi connectivity index (χ1n) is 7.53. The van der Waals surface area contributed by atoms with Crippen LogP contribution in [0.2, 0.25) is 0 Å². The van der Waals surface area contributed by atoms with Crippen LogP contribution in [0.5, 0.6) is 0 Å². The first-order chi connectivity index (χ1) is 10.8. The number of fused-ring (bicyclic) bond motifs is 1. The zero-order chi connectivity index (χ0) is 14.9. The van der Waals surface area contributed by atoms with Crippen molar-refractivity contribution in [3.63, 3.8) is 0 Å². The Labute approximate surface area is 132 Å². The van der Waals surface area contributed by atoms with Crippen LogP contribution in [0.1, 0.15) is 25.7 Å². The molecule has 0 radical (unpaired) electrons. The Hall–Kier alpha value is -2.21. The highest BCUT2D eigenvalue weighted by Gasteiger charge is 2.19. The number of nitrogens with zero attached hydrogens (tertiary/aromatic N) is 3. The predicted octanol–water partition coefficient (Wildman–Crippen LogP) is 3.69. The molecule has 3 aromatic heterocycles. The van der Waals surface area contributed by atoms with Gasteiger partial charge in [0.05, 0.1) is 10.4 Å². The van der Waals surface area contributed by atoms with Gasteiger partial charge < -0.3 is 11.1 Å². The number of anilines is 2. The summed E-state index contributed by atoms with van der Waals surface area (Å²) in [5.74, 6) is 1.60. The fourth-order valence-corrected chi connectivity index (χ4v) is 3.78. The standard InChI is InChI=1S/C16H17N5S/c17-12-9-22-14-13(12)20-15(10-5-7-18-8-6-10)21-16(14)19-11-3-1-2-4-11/h5-9,11H,1-4,17H2,(H,19,20,21). The van der Waals surface area contributed by atoms with Crippen LogP contribution in [0.25, 0.3) is 21.6 Å². The monoisotopic (exact) mass is 311 g/mol. The van der Waals surface area contributed by atoms with Crippen molar-refractivity contribution in [3.8, 4) is 11.4 Å². The normalized spacial score (nSPS) is 15.5. The topological polar surface area (TPSA) is 76.7 Å². The van der Waals surface area contributed by atoms with Gasteiger partial charge in [0.2, 0.25) is 0 Å². The van der Waals surface area contributed by atoms with Gasteiger partial charge in [0, 0.05) is 29.4 Å². The lowest BCUT2D eigenvalue weighted by Gasteiger charge is -2.14. The van der Waals surface area contributed by atoms with Gasteiger partial charge in [0.15, 0.2) is 5.82 Å². The number of nitrogen functional groups attached to an aromatic ring is 1. The Bertz CT molecular complexity index is 793. The van der Waals surface area contributed by atoms with E-state index in [9.17, 15) is 0 Å². The van der Waals surface area contributed by atoms with E-state index < -0.39 is 0 Å². The molecule has 0 aliphatic heterocycles. The van der Waals surface area contributed by atoms with Crippen LogP contribution < -0.4 is 11.1 Å². The number of nitrogens with one attached hydrogen (secondary N) is 1. The van der Waals surface area contributed by atoms with E-state index in [1.165, 1.54) is 25.7 Å². The van der Waals surface area contributed by atoms with Crippen LogP contribution in [0.3, 0.4) is 0 Å². The minimum atomic E-state index is 0.506. The zero-order valence-electron chi connectivity index (χ0n) is 12.1. The fraction of sp³-hybridized carbons (Fsp3) is 0.312. The molecule has 6 heteroatoms.